The molecular formula is C23H24SeSi. The van der Waals surface area contributed by atoms with E-state index in [0.717, 1.165) is 0 Å². The Morgan fingerprint density at radius 3 is 1.60 bits per heavy atom. The van der Waals surface area contributed by atoms with Crippen molar-refractivity contribution in [2.24, 2.45) is 0 Å². The summed E-state index contributed by atoms with van der Waals surface area (Å²) in [4.78, 5) is 2.42. The molecule has 0 aliphatic carbocycles. The van der Waals surface area contributed by atoms with E-state index in [1.807, 2.05) is 0 Å². The van der Waals surface area contributed by atoms with Gasteiger partial charge in [-0.2, -0.15) is 0 Å². The first-order chi connectivity index (χ1) is 12.0. The Kier molecular flexibility index (Phi) is 5.75. The summed E-state index contributed by atoms with van der Waals surface area (Å²) in [5.41, 5.74) is 3.90. The van der Waals surface area contributed by atoms with Crippen LogP contribution in [0, 0.1) is 0 Å². The molecule has 0 aromatic heterocycles. The summed E-state index contributed by atoms with van der Waals surface area (Å²) in [5.74, 6) is 0. The summed E-state index contributed by atoms with van der Waals surface area (Å²) >= 11 is 0.318. The molecule has 0 amide bonds. The molecule has 0 nitrogen and oxygen atoms in total. The Labute approximate surface area is 158 Å². The predicted molar refractivity (Wildman–Crippen MR) is 115 cm³/mol. The Morgan fingerprint density at radius 2 is 1.16 bits per heavy atom. The third-order valence-electron chi connectivity index (χ3n) is 4.20. The van der Waals surface area contributed by atoms with E-state index >= 15 is 0 Å². The average Bonchev–Trinajstić information content (AvgIpc) is 2.63. The first kappa shape index (κ1) is 17.9. The van der Waals surface area contributed by atoms with Gasteiger partial charge in [-0.3, -0.25) is 0 Å². The second-order valence-electron chi connectivity index (χ2n) is 7.16. The van der Waals surface area contributed by atoms with Gasteiger partial charge in [0.05, 0.1) is 0 Å². The second-order valence-corrected chi connectivity index (χ2v) is 14.2. The number of rotatable bonds is 5. The van der Waals surface area contributed by atoms with Gasteiger partial charge in [-0.05, 0) is 0 Å². The number of hydrogen-bond acceptors (Lipinski definition) is 0. The van der Waals surface area contributed by atoms with Gasteiger partial charge in [0, 0.05) is 0 Å². The van der Waals surface area contributed by atoms with Gasteiger partial charge in [-0.15, -0.1) is 0 Å². The molecule has 0 fully saturated rings. The van der Waals surface area contributed by atoms with Crippen molar-refractivity contribution in [3.8, 4) is 0 Å². The Bertz CT molecular complexity index is 787. The van der Waals surface area contributed by atoms with Crippen molar-refractivity contribution in [1.29, 1.82) is 0 Å². The molecule has 0 saturated heterocycles. The van der Waals surface area contributed by atoms with Crippen LogP contribution in [0.25, 0.3) is 5.57 Å². The topological polar surface area (TPSA) is 0 Å². The van der Waals surface area contributed by atoms with Crippen molar-refractivity contribution in [3.63, 3.8) is 0 Å². The predicted octanol–water partition coefficient (Wildman–Crippen LogP) is 4.65. The van der Waals surface area contributed by atoms with E-state index < -0.39 is 8.07 Å². The van der Waals surface area contributed by atoms with Crippen molar-refractivity contribution in [1.82, 2.24) is 0 Å². The monoisotopic (exact) mass is 408 g/mol. The maximum absolute atomic E-state index is 2.42. The molecule has 3 aromatic rings. The van der Waals surface area contributed by atoms with Crippen LogP contribution >= 0.6 is 0 Å². The number of hydrogen-bond donors (Lipinski definition) is 0. The molecule has 0 N–H and O–H groups in total. The minimum absolute atomic E-state index is 0.318. The summed E-state index contributed by atoms with van der Waals surface area (Å²) < 4.78 is 1.43. The van der Waals surface area contributed by atoms with Gasteiger partial charge in [0.15, 0.2) is 0 Å². The molecule has 126 valence electrons. The summed E-state index contributed by atoms with van der Waals surface area (Å²) in [7, 11) is -1.21. The average molecular weight is 407 g/mol. The van der Waals surface area contributed by atoms with Gasteiger partial charge in [0.25, 0.3) is 0 Å². The number of benzene rings is 3. The maximum atomic E-state index is 2.42. The molecule has 0 bridgehead atoms. The van der Waals surface area contributed by atoms with E-state index in [9.17, 15) is 0 Å². The van der Waals surface area contributed by atoms with Crippen LogP contribution in [0.1, 0.15) is 11.1 Å². The molecule has 0 aliphatic rings. The van der Waals surface area contributed by atoms with Gasteiger partial charge in [-0.1, -0.05) is 0 Å². The fourth-order valence-electron chi connectivity index (χ4n) is 2.70. The summed E-state index contributed by atoms with van der Waals surface area (Å²) in [5, 5.41) is 1.53. The van der Waals surface area contributed by atoms with Gasteiger partial charge in [0.1, 0.15) is 0 Å². The van der Waals surface area contributed by atoms with Crippen LogP contribution in [0.5, 0.6) is 0 Å². The van der Waals surface area contributed by atoms with E-state index in [0.29, 0.717) is 15.0 Å². The molecule has 0 radical (unpaired) electrons. The van der Waals surface area contributed by atoms with Crippen molar-refractivity contribution in [2.45, 2.75) is 19.6 Å². The molecule has 0 saturated carbocycles. The zero-order chi connectivity index (χ0) is 17.7. The van der Waals surface area contributed by atoms with E-state index in [-0.39, 0.29) is 0 Å². The van der Waals surface area contributed by atoms with E-state index in [4.69, 9.17) is 0 Å². The SMILES string of the molecule is C[Si](C)(C)c1ccc([Se]C=C(c2ccccc2)c2ccccc2)cc1. The zero-order valence-corrected chi connectivity index (χ0v) is 17.8. The van der Waals surface area contributed by atoms with Gasteiger partial charge >= 0.3 is 159 Å². The molecule has 25 heavy (non-hydrogen) atoms. The quantitative estimate of drug-likeness (QED) is 0.540. The van der Waals surface area contributed by atoms with E-state index in [2.05, 4.69) is 110 Å². The van der Waals surface area contributed by atoms with Crippen LogP contribution in [0.15, 0.2) is 89.9 Å². The van der Waals surface area contributed by atoms with Crippen molar-refractivity contribution < 1.29 is 0 Å². The fourth-order valence-corrected chi connectivity index (χ4v) is 5.58. The molecule has 3 aromatic carbocycles. The molecule has 2 heteroatoms. The van der Waals surface area contributed by atoms with Crippen molar-refractivity contribution in [3.05, 3.63) is 101 Å². The van der Waals surface area contributed by atoms with Crippen LogP contribution in [-0.2, 0) is 0 Å². The molecular weight excluding hydrogens is 383 g/mol. The van der Waals surface area contributed by atoms with Crippen molar-refractivity contribution >= 4 is 38.3 Å². The normalized spacial score (nSPS) is 11.2. The molecule has 0 heterocycles. The molecule has 3 rings (SSSR count). The molecule has 0 unspecified atom stereocenters. The van der Waals surface area contributed by atoms with E-state index in [1.165, 1.54) is 26.3 Å². The Balaban J connectivity index is 1.89. The van der Waals surface area contributed by atoms with Gasteiger partial charge < -0.3 is 0 Å². The van der Waals surface area contributed by atoms with Crippen LogP contribution in [0.4, 0.5) is 0 Å². The summed E-state index contributed by atoms with van der Waals surface area (Å²) in [6.07, 6.45) is 0. The Hall–Kier alpha value is -1.86. The van der Waals surface area contributed by atoms with Gasteiger partial charge in [0.2, 0.25) is 0 Å². The standard InChI is InChI=1S/C23H24SeSi/c1-25(2,3)22-16-14-21(15-17-22)24-18-23(19-10-6-4-7-11-19)20-12-8-5-9-13-20/h4-18H,1-3H3. The third-order valence-corrected chi connectivity index (χ3v) is 8.15. The third kappa shape index (κ3) is 4.82. The zero-order valence-electron chi connectivity index (χ0n) is 15.1. The second kappa shape index (κ2) is 8.01. The molecule has 0 atom stereocenters. The first-order valence-corrected chi connectivity index (χ1v) is 14.0. The van der Waals surface area contributed by atoms with Crippen LogP contribution in [0.3, 0.4) is 0 Å². The van der Waals surface area contributed by atoms with Crippen molar-refractivity contribution in [2.75, 3.05) is 0 Å². The van der Waals surface area contributed by atoms with Crippen LogP contribution in [0.2, 0.25) is 19.6 Å². The first-order valence-electron chi connectivity index (χ1n) is 8.62. The van der Waals surface area contributed by atoms with E-state index in [1.54, 1.807) is 0 Å². The molecule has 0 spiro atoms. The van der Waals surface area contributed by atoms with Gasteiger partial charge in [-0.25, -0.2) is 0 Å². The van der Waals surface area contributed by atoms with Crippen LogP contribution in [-0.4, -0.2) is 23.0 Å². The fraction of sp³-hybridized carbons (Fsp3) is 0.130. The summed E-state index contributed by atoms with van der Waals surface area (Å²) in [6, 6.07) is 30.7. The Morgan fingerprint density at radius 1 is 0.680 bits per heavy atom. The molecule has 0 aliphatic heterocycles. The van der Waals surface area contributed by atoms with Crippen LogP contribution < -0.4 is 9.65 Å². The minimum atomic E-state index is -1.21. The summed E-state index contributed by atoms with van der Waals surface area (Å²) in [6.45, 7) is 7.20.